The Bertz CT molecular complexity index is 518. The van der Waals surface area contributed by atoms with Gasteiger partial charge >= 0.3 is 0 Å². The van der Waals surface area contributed by atoms with Crippen molar-refractivity contribution in [2.75, 3.05) is 0 Å². The molecule has 0 saturated carbocycles. The van der Waals surface area contributed by atoms with Crippen LogP contribution in [0.25, 0.3) is 0 Å². The van der Waals surface area contributed by atoms with Crippen molar-refractivity contribution in [3.05, 3.63) is 32.4 Å². The molecule has 0 amide bonds. The zero-order chi connectivity index (χ0) is 12.4. The van der Waals surface area contributed by atoms with Crippen LogP contribution in [0.5, 0.6) is 0 Å². The van der Waals surface area contributed by atoms with Gasteiger partial charge in [0.1, 0.15) is 0 Å². The zero-order valence-electron chi connectivity index (χ0n) is 9.82. The van der Waals surface area contributed by atoms with Crippen LogP contribution in [-0.4, -0.2) is 19.6 Å². The molecule has 6 heteroatoms. The summed E-state index contributed by atoms with van der Waals surface area (Å²) in [5, 5.41) is 9.54. The van der Waals surface area contributed by atoms with Gasteiger partial charge in [0, 0.05) is 12.7 Å². The normalized spacial score (nSPS) is 11.1. The lowest BCUT2D eigenvalue weighted by Crippen LogP contribution is -2.08. The third-order valence-corrected chi connectivity index (χ3v) is 3.60. The fraction of sp³-hybridized carbons (Fsp3) is 0.455. The molecule has 2 rings (SSSR count). The number of aromatic nitrogens is 4. The first kappa shape index (κ1) is 12.9. The van der Waals surface area contributed by atoms with E-state index in [1.165, 1.54) is 0 Å². The quantitative estimate of drug-likeness (QED) is 0.782. The zero-order valence-corrected chi connectivity index (χ0v) is 12.7. The van der Waals surface area contributed by atoms with Crippen LogP contribution in [0.2, 0.25) is 5.02 Å². The van der Waals surface area contributed by atoms with E-state index in [4.69, 9.17) is 11.6 Å². The summed E-state index contributed by atoms with van der Waals surface area (Å²) < 4.78 is 4.96. The molecule has 0 aliphatic heterocycles. The second kappa shape index (κ2) is 5.39. The summed E-state index contributed by atoms with van der Waals surface area (Å²) in [4.78, 5) is 0. The second-order valence-electron chi connectivity index (χ2n) is 3.73. The summed E-state index contributed by atoms with van der Waals surface area (Å²) in [5.41, 5.74) is 2.00. The number of aryl methyl sites for hydroxylation is 2. The average Bonchev–Trinajstić information content (AvgIpc) is 2.85. The molecule has 0 saturated heterocycles. The van der Waals surface area contributed by atoms with Crippen LogP contribution in [0.3, 0.4) is 0 Å². The van der Waals surface area contributed by atoms with Gasteiger partial charge in [0.25, 0.3) is 0 Å². The van der Waals surface area contributed by atoms with E-state index in [0.717, 1.165) is 32.9 Å². The highest BCUT2D eigenvalue weighted by Crippen LogP contribution is 2.22. The molecular formula is C11H14ClIN4. The van der Waals surface area contributed by atoms with E-state index >= 15 is 0 Å². The second-order valence-corrected chi connectivity index (χ2v) is 5.36. The molecular weight excluding hydrogens is 351 g/mol. The first-order valence-corrected chi connectivity index (χ1v) is 7.03. The predicted molar refractivity (Wildman–Crippen MR) is 76.3 cm³/mol. The molecule has 2 heterocycles. The van der Waals surface area contributed by atoms with E-state index in [1.807, 2.05) is 21.8 Å². The molecule has 0 aromatic carbocycles. The van der Waals surface area contributed by atoms with E-state index in [9.17, 15) is 0 Å². The highest BCUT2D eigenvalue weighted by molar-refractivity contribution is 14.1. The molecule has 92 valence electrons. The van der Waals surface area contributed by atoms with E-state index in [2.05, 4.69) is 46.6 Å². The molecule has 0 spiro atoms. The van der Waals surface area contributed by atoms with E-state index in [-0.39, 0.29) is 0 Å². The maximum atomic E-state index is 6.34. The van der Waals surface area contributed by atoms with Crippen molar-refractivity contribution in [3.63, 3.8) is 0 Å². The molecule has 2 aromatic heterocycles. The molecule has 17 heavy (non-hydrogen) atoms. The van der Waals surface area contributed by atoms with E-state index in [0.29, 0.717) is 6.54 Å². The largest absolute Gasteiger partial charge is 0.266 e. The van der Waals surface area contributed by atoms with Gasteiger partial charge in [0.05, 0.1) is 32.7 Å². The van der Waals surface area contributed by atoms with Crippen molar-refractivity contribution in [1.29, 1.82) is 0 Å². The van der Waals surface area contributed by atoms with Gasteiger partial charge in [-0.15, -0.1) is 0 Å². The number of hydrogen-bond acceptors (Lipinski definition) is 2. The van der Waals surface area contributed by atoms with Gasteiger partial charge < -0.3 is 0 Å². The SMILES string of the molecule is CCc1nn(CC)c(Cn2cc(I)cn2)c1Cl. The van der Waals surface area contributed by atoms with Gasteiger partial charge in [0.15, 0.2) is 0 Å². The topological polar surface area (TPSA) is 35.6 Å². The van der Waals surface area contributed by atoms with Crippen LogP contribution in [0.4, 0.5) is 0 Å². The molecule has 0 aliphatic rings. The minimum absolute atomic E-state index is 0.669. The fourth-order valence-electron chi connectivity index (χ4n) is 1.75. The van der Waals surface area contributed by atoms with Crippen molar-refractivity contribution in [2.24, 2.45) is 0 Å². The van der Waals surface area contributed by atoms with Crippen LogP contribution < -0.4 is 0 Å². The van der Waals surface area contributed by atoms with Crippen molar-refractivity contribution >= 4 is 34.2 Å². The average molecular weight is 365 g/mol. The van der Waals surface area contributed by atoms with Crippen LogP contribution in [-0.2, 0) is 19.5 Å². The van der Waals surface area contributed by atoms with Gasteiger partial charge in [-0.25, -0.2) is 0 Å². The monoisotopic (exact) mass is 364 g/mol. The summed E-state index contributed by atoms with van der Waals surface area (Å²) in [6.45, 7) is 5.63. The van der Waals surface area contributed by atoms with Gasteiger partial charge in [-0.2, -0.15) is 10.2 Å². The van der Waals surface area contributed by atoms with Crippen molar-refractivity contribution in [1.82, 2.24) is 19.6 Å². The molecule has 0 radical (unpaired) electrons. The van der Waals surface area contributed by atoms with Gasteiger partial charge in [-0.3, -0.25) is 9.36 Å². The molecule has 0 bridgehead atoms. The lowest BCUT2D eigenvalue weighted by atomic mass is 10.3. The smallest absolute Gasteiger partial charge is 0.0869 e. The van der Waals surface area contributed by atoms with Crippen molar-refractivity contribution in [2.45, 2.75) is 33.4 Å². The number of halogens is 2. The van der Waals surface area contributed by atoms with E-state index in [1.54, 1.807) is 0 Å². The van der Waals surface area contributed by atoms with Gasteiger partial charge in [-0.1, -0.05) is 18.5 Å². The van der Waals surface area contributed by atoms with Crippen molar-refractivity contribution < 1.29 is 0 Å². The Balaban J connectivity index is 2.34. The fourth-order valence-corrected chi connectivity index (χ4v) is 2.52. The lowest BCUT2D eigenvalue weighted by molar-refractivity contribution is 0.573. The molecule has 0 fully saturated rings. The highest BCUT2D eigenvalue weighted by Gasteiger charge is 2.14. The first-order valence-electron chi connectivity index (χ1n) is 5.57. The molecule has 0 aliphatic carbocycles. The molecule has 0 unspecified atom stereocenters. The van der Waals surface area contributed by atoms with Crippen LogP contribution in [0.1, 0.15) is 25.2 Å². The number of nitrogens with zero attached hydrogens (tertiary/aromatic N) is 4. The molecule has 0 N–H and O–H groups in total. The lowest BCUT2D eigenvalue weighted by Gasteiger charge is -2.05. The maximum Gasteiger partial charge on any atom is 0.0869 e. The Morgan fingerprint density at radius 2 is 2.18 bits per heavy atom. The van der Waals surface area contributed by atoms with Crippen LogP contribution in [0, 0.1) is 3.57 Å². The van der Waals surface area contributed by atoms with E-state index < -0.39 is 0 Å². The van der Waals surface area contributed by atoms with Crippen LogP contribution >= 0.6 is 34.2 Å². The molecule has 4 nitrogen and oxygen atoms in total. The number of rotatable bonds is 4. The predicted octanol–water partition coefficient (Wildman–Crippen LogP) is 2.97. The Morgan fingerprint density at radius 1 is 1.41 bits per heavy atom. The maximum absolute atomic E-state index is 6.34. The molecule has 2 aromatic rings. The van der Waals surface area contributed by atoms with Crippen molar-refractivity contribution in [3.8, 4) is 0 Å². The van der Waals surface area contributed by atoms with Gasteiger partial charge in [-0.05, 0) is 35.9 Å². The standard InChI is InChI=1S/C11H14ClIN4/c1-3-9-11(12)10(17(4-2)15-9)7-16-6-8(13)5-14-16/h5-6H,3-4,7H2,1-2H3. The summed E-state index contributed by atoms with van der Waals surface area (Å²) >= 11 is 8.58. The Hall–Kier alpha value is -0.560. The molecule has 0 atom stereocenters. The summed E-state index contributed by atoms with van der Waals surface area (Å²) in [7, 11) is 0. The summed E-state index contributed by atoms with van der Waals surface area (Å²) in [6.07, 6.45) is 4.69. The third-order valence-electron chi connectivity index (χ3n) is 2.61. The van der Waals surface area contributed by atoms with Gasteiger partial charge in [0.2, 0.25) is 0 Å². The Kier molecular flexibility index (Phi) is 4.09. The first-order chi connectivity index (χ1) is 8.15. The highest BCUT2D eigenvalue weighted by atomic mass is 127. The Morgan fingerprint density at radius 3 is 2.71 bits per heavy atom. The summed E-state index contributed by atoms with van der Waals surface area (Å²) in [5.74, 6) is 0. The van der Waals surface area contributed by atoms with Crippen LogP contribution in [0.15, 0.2) is 12.4 Å². The minimum Gasteiger partial charge on any atom is -0.266 e. The Labute approximate surface area is 119 Å². The number of hydrogen-bond donors (Lipinski definition) is 0. The minimum atomic E-state index is 0.669. The third kappa shape index (κ3) is 2.65. The summed E-state index contributed by atoms with van der Waals surface area (Å²) in [6, 6.07) is 0.